The molecule has 1 atom stereocenters. The summed E-state index contributed by atoms with van der Waals surface area (Å²) in [6.45, 7) is 1.97. The van der Waals surface area contributed by atoms with Crippen molar-refractivity contribution in [2.24, 2.45) is 0 Å². The molecule has 0 aromatic carbocycles. The maximum Gasteiger partial charge on any atom is 0.181 e. The van der Waals surface area contributed by atoms with E-state index in [1.165, 1.54) is 0 Å². The third-order valence-corrected chi connectivity index (χ3v) is 2.40. The Labute approximate surface area is 65.1 Å². The predicted molar refractivity (Wildman–Crippen MR) is 43.2 cm³/mol. The van der Waals surface area contributed by atoms with Gasteiger partial charge in [0.2, 0.25) is 0 Å². The molecule has 3 nitrogen and oxygen atoms in total. The zero-order valence-corrected chi connectivity index (χ0v) is 9.30. The summed E-state index contributed by atoms with van der Waals surface area (Å²) >= 11 is 0. The molecular weight excluding hydrogens is 148 g/mol. The Morgan fingerprint density at radius 1 is 1.20 bits per heavy atom. The molecule has 0 aliphatic rings. The largest absolute Gasteiger partial charge is 0.378 e. The second-order valence-electron chi connectivity index (χ2n) is 2.61. The maximum absolute atomic E-state index is 5.19. The zero-order chi connectivity index (χ0) is 8.20. The summed E-state index contributed by atoms with van der Waals surface area (Å²) < 4.78 is 15.3. The van der Waals surface area contributed by atoms with Crippen LogP contribution in [0.25, 0.3) is 0 Å². The number of hydrogen-bond donors (Lipinski definition) is 0. The van der Waals surface area contributed by atoms with Gasteiger partial charge < -0.3 is 14.2 Å². The summed E-state index contributed by atoms with van der Waals surface area (Å²) in [5, 5.41) is -0.247. The van der Waals surface area contributed by atoms with Crippen LogP contribution in [0.1, 0.15) is 6.92 Å². The fraction of sp³-hybridized carbons (Fsp3) is 1.00. The van der Waals surface area contributed by atoms with Crippen LogP contribution in [0.5, 0.6) is 0 Å². The lowest BCUT2D eigenvalue weighted by Gasteiger charge is -2.30. The van der Waals surface area contributed by atoms with Gasteiger partial charge in [-0.15, -0.1) is 0 Å². The average Bonchev–Trinajstić information content (AvgIpc) is 1.90. The Morgan fingerprint density at radius 2 is 1.60 bits per heavy atom. The standard InChI is InChI=1S/C6H16O3Si/c1-6(10,9-4)5(7-2)8-3/h5H,1-4,10H3. The van der Waals surface area contributed by atoms with Gasteiger partial charge in [-0.05, 0) is 6.92 Å². The van der Waals surface area contributed by atoms with Crippen molar-refractivity contribution >= 4 is 10.2 Å². The number of methoxy groups -OCH3 is 3. The van der Waals surface area contributed by atoms with Crippen LogP contribution >= 0.6 is 0 Å². The van der Waals surface area contributed by atoms with Crippen molar-refractivity contribution in [3.05, 3.63) is 0 Å². The topological polar surface area (TPSA) is 27.7 Å². The monoisotopic (exact) mass is 164 g/mol. The molecule has 0 aromatic heterocycles. The average molecular weight is 164 g/mol. The normalized spacial score (nSPS) is 17.7. The van der Waals surface area contributed by atoms with Crippen molar-refractivity contribution in [1.82, 2.24) is 0 Å². The fourth-order valence-electron chi connectivity index (χ4n) is 0.760. The molecule has 0 bridgehead atoms. The third-order valence-electron chi connectivity index (χ3n) is 1.52. The Bertz CT molecular complexity index is 91.0. The second-order valence-corrected chi connectivity index (χ2v) is 4.60. The van der Waals surface area contributed by atoms with Crippen LogP contribution in [0.2, 0.25) is 0 Å². The molecule has 0 saturated carbocycles. The molecule has 1 unspecified atom stereocenters. The first kappa shape index (κ1) is 10.1. The quantitative estimate of drug-likeness (QED) is 0.407. The van der Waals surface area contributed by atoms with Gasteiger partial charge in [0.1, 0.15) is 0 Å². The van der Waals surface area contributed by atoms with Crippen molar-refractivity contribution in [3.63, 3.8) is 0 Å². The summed E-state index contributed by atoms with van der Waals surface area (Å²) in [6.07, 6.45) is -0.246. The van der Waals surface area contributed by atoms with E-state index in [0.717, 1.165) is 10.2 Å². The number of hydrogen-bond acceptors (Lipinski definition) is 3. The Kier molecular flexibility index (Phi) is 4.11. The first-order valence-electron chi connectivity index (χ1n) is 3.19. The van der Waals surface area contributed by atoms with E-state index < -0.39 is 0 Å². The molecule has 0 aromatic rings. The minimum atomic E-state index is -0.247. The van der Waals surface area contributed by atoms with Crippen molar-refractivity contribution < 1.29 is 14.2 Å². The van der Waals surface area contributed by atoms with E-state index in [9.17, 15) is 0 Å². The molecule has 0 rings (SSSR count). The van der Waals surface area contributed by atoms with Crippen molar-refractivity contribution in [3.8, 4) is 0 Å². The molecule has 0 amide bonds. The molecule has 0 fully saturated rings. The first-order chi connectivity index (χ1) is 4.58. The lowest BCUT2D eigenvalue weighted by Crippen LogP contribution is -2.44. The smallest absolute Gasteiger partial charge is 0.181 e. The Balaban J connectivity index is 3.97. The van der Waals surface area contributed by atoms with E-state index in [1.54, 1.807) is 21.3 Å². The van der Waals surface area contributed by atoms with Gasteiger partial charge in [-0.2, -0.15) is 0 Å². The summed E-state index contributed by atoms with van der Waals surface area (Å²) in [6, 6.07) is 0. The van der Waals surface area contributed by atoms with E-state index >= 15 is 0 Å². The number of rotatable bonds is 4. The highest BCUT2D eigenvalue weighted by molar-refractivity contribution is 6.14. The highest BCUT2D eigenvalue weighted by Crippen LogP contribution is 2.12. The molecule has 0 N–H and O–H groups in total. The Hall–Kier alpha value is 0.0969. The minimum absolute atomic E-state index is 0.246. The molecule has 0 heterocycles. The van der Waals surface area contributed by atoms with Gasteiger partial charge in [-0.3, -0.25) is 0 Å². The van der Waals surface area contributed by atoms with Crippen molar-refractivity contribution in [2.75, 3.05) is 21.3 Å². The predicted octanol–water partition coefficient (Wildman–Crippen LogP) is -0.667. The van der Waals surface area contributed by atoms with Crippen LogP contribution in [-0.2, 0) is 14.2 Å². The highest BCUT2D eigenvalue weighted by Gasteiger charge is 2.28. The lowest BCUT2D eigenvalue weighted by atomic mass is 10.4. The zero-order valence-electron chi connectivity index (χ0n) is 7.30. The summed E-state index contributed by atoms with van der Waals surface area (Å²) in [5.41, 5.74) is 0. The van der Waals surface area contributed by atoms with Crippen LogP contribution < -0.4 is 0 Å². The molecule has 0 spiro atoms. The Morgan fingerprint density at radius 3 is 1.70 bits per heavy atom. The molecule has 4 heteroatoms. The van der Waals surface area contributed by atoms with Gasteiger partial charge in [0.25, 0.3) is 0 Å². The SMILES string of the molecule is COC(OC)C(C)([SiH3])OC. The molecule has 62 valence electrons. The van der Waals surface area contributed by atoms with Gasteiger partial charge in [-0.1, -0.05) is 0 Å². The van der Waals surface area contributed by atoms with Crippen LogP contribution in [0.15, 0.2) is 0 Å². The van der Waals surface area contributed by atoms with Crippen LogP contribution in [0.3, 0.4) is 0 Å². The van der Waals surface area contributed by atoms with Gasteiger partial charge >= 0.3 is 0 Å². The molecule has 0 aliphatic heterocycles. The first-order valence-corrected chi connectivity index (χ1v) is 4.19. The van der Waals surface area contributed by atoms with Crippen LogP contribution in [0, 0.1) is 0 Å². The van der Waals surface area contributed by atoms with Crippen LogP contribution in [-0.4, -0.2) is 43.1 Å². The van der Waals surface area contributed by atoms with Gasteiger partial charge in [-0.25, -0.2) is 0 Å². The lowest BCUT2D eigenvalue weighted by molar-refractivity contribution is -0.185. The molecule has 10 heavy (non-hydrogen) atoms. The highest BCUT2D eigenvalue weighted by atomic mass is 28.1. The van der Waals surface area contributed by atoms with Crippen molar-refractivity contribution in [2.45, 2.75) is 18.4 Å². The molecular formula is C6H16O3Si. The van der Waals surface area contributed by atoms with E-state index in [1.807, 2.05) is 6.92 Å². The fourth-order valence-corrected chi connectivity index (χ4v) is 1.23. The minimum Gasteiger partial charge on any atom is -0.378 e. The van der Waals surface area contributed by atoms with E-state index in [0.29, 0.717) is 0 Å². The summed E-state index contributed by atoms with van der Waals surface area (Å²) in [7, 11) is 5.77. The van der Waals surface area contributed by atoms with Crippen molar-refractivity contribution in [1.29, 1.82) is 0 Å². The molecule has 0 saturated heterocycles. The number of ether oxygens (including phenoxy) is 3. The third kappa shape index (κ3) is 2.38. The van der Waals surface area contributed by atoms with Gasteiger partial charge in [0.05, 0.1) is 5.22 Å². The van der Waals surface area contributed by atoms with Gasteiger partial charge in [0.15, 0.2) is 6.29 Å². The summed E-state index contributed by atoms with van der Waals surface area (Å²) in [5.74, 6) is 0. The molecule has 0 aliphatic carbocycles. The summed E-state index contributed by atoms with van der Waals surface area (Å²) in [4.78, 5) is 0. The second kappa shape index (κ2) is 4.08. The van der Waals surface area contributed by atoms with E-state index in [2.05, 4.69) is 0 Å². The van der Waals surface area contributed by atoms with Crippen LogP contribution in [0.4, 0.5) is 0 Å². The van der Waals surface area contributed by atoms with E-state index in [-0.39, 0.29) is 11.5 Å². The maximum atomic E-state index is 5.19. The molecule has 0 radical (unpaired) electrons. The van der Waals surface area contributed by atoms with E-state index in [4.69, 9.17) is 14.2 Å². The van der Waals surface area contributed by atoms with Gasteiger partial charge in [0, 0.05) is 31.6 Å².